The highest BCUT2D eigenvalue weighted by atomic mass is 35.5. The molecule has 0 radical (unpaired) electrons. The van der Waals surface area contributed by atoms with Crippen LogP contribution in [0.15, 0.2) is 42.5 Å². The Hall–Kier alpha value is -3.06. The standard InChI is InChI=1S/C24H24ClFN2O4/c1-2-20(24(30)31)28-21-9-5-15(26)11-18(21)19-12-16(6-10-22(19)28)27-23(29)13-32-17-7-3-14(25)4-8-17/h3-5,7-9,11,16,20H,2,6,10,12-13H2,1H3,(H,27,29)(H,30,31)/t16-,20?/m0/s1. The van der Waals surface area contributed by atoms with Crippen molar-refractivity contribution >= 4 is 34.4 Å². The molecule has 32 heavy (non-hydrogen) atoms. The van der Waals surface area contributed by atoms with E-state index in [4.69, 9.17) is 16.3 Å². The Kier molecular flexibility index (Phi) is 6.37. The van der Waals surface area contributed by atoms with Gasteiger partial charge in [0, 0.05) is 27.7 Å². The minimum atomic E-state index is -0.911. The van der Waals surface area contributed by atoms with Crippen LogP contribution >= 0.6 is 11.6 Å². The lowest BCUT2D eigenvalue weighted by atomic mass is 9.91. The number of nitrogens with one attached hydrogen (secondary N) is 1. The number of hydrogen-bond acceptors (Lipinski definition) is 3. The molecule has 2 N–H and O–H groups in total. The van der Waals surface area contributed by atoms with Gasteiger partial charge in [-0.2, -0.15) is 0 Å². The number of ether oxygens (including phenoxy) is 1. The van der Waals surface area contributed by atoms with Crippen LogP contribution in [0.4, 0.5) is 4.39 Å². The number of aromatic nitrogens is 1. The Bertz CT molecular complexity index is 1160. The van der Waals surface area contributed by atoms with E-state index in [1.54, 1.807) is 30.3 Å². The first kappa shape index (κ1) is 22.1. The van der Waals surface area contributed by atoms with Gasteiger partial charge < -0.3 is 19.7 Å². The summed E-state index contributed by atoms with van der Waals surface area (Å²) in [5.41, 5.74) is 2.51. The molecule has 1 heterocycles. The van der Waals surface area contributed by atoms with E-state index in [1.807, 2.05) is 11.5 Å². The molecule has 6 nitrogen and oxygen atoms in total. The van der Waals surface area contributed by atoms with Crippen molar-refractivity contribution in [2.24, 2.45) is 0 Å². The Morgan fingerprint density at radius 3 is 2.72 bits per heavy atom. The lowest BCUT2D eigenvalue weighted by molar-refractivity contribution is -0.141. The molecule has 168 valence electrons. The highest BCUT2D eigenvalue weighted by molar-refractivity contribution is 6.30. The summed E-state index contributed by atoms with van der Waals surface area (Å²) in [5, 5.41) is 14.0. The summed E-state index contributed by atoms with van der Waals surface area (Å²) < 4.78 is 21.4. The zero-order valence-electron chi connectivity index (χ0n) is 17.6. The van der Waals surface area contributed by atoms with Crippen molar-refractivity contribution in [3.63, 3.8) is 0 Å². The largest absolute Gasteiger partial charge is 0.484 e. The smallest absolute Gasteiger partial charge is 0.326 e. The average molecular weight is 459 g/mol. The number of carbonyl (C=O) groups excluding carboxylic acids is 1. The topological polar surface area (TPSA) is 80.6 Å². The first-order chi connectivity index (χ1) is 15.4. The minimum Gasteiger partial charge on any atom is -0.484 e. The fourth-order valence-corrected chi connectivity index (χ4v) is 4.59. The summed E-state index contributed by atoms with van der Waals surface area (Å²) >= 11 is 5.85. The summed E-state index contributed by atoms with van der Waals surface area (Å²) in [6.45, 7) is 1.70. The van der Waals surface area contributed by atoms with Crippen LogP contribution in [-0.4, -0.2) is 34.2 Å². The van der Waals surface area contributed by atoms with Gasteiger partial charge in [0.25, 0.3) is 5.91 Å². The maximum absolute atomic E-state index is 14.0. The van der Waals surface area contributed by atoms with Crippen LogP contribution in [-0.2, 0) is 22.4 Å². The van der Waals surface area contributed by atoms with Crippen LogP contribution in [0.2, 0.25) is 5.02 Å². The van der Waals surface area contributed by atoms with E-state index < -0.39 is 12.0 Å². The monoisotopic (exact) mass is 458 g/mol. The van der Waals surface area contributed by atoms with Gasteiger partial charge in [-0.1, -0.05) is 18.5 Å². The molecule has 1 aliphatic rings. The number of fused-ring (bicyclic) bond motifs is 3. The van der Waals surface area contributed by atoms with E-state index in [-0.39, 0.29) is 24.4 Å². The summed E-state index contributed by atoms with van der Waals surface area (Å²) in [7, 11) is 0. The molecule has 0 saturated carbocycles. The fourth-order valence-electron chi connectivity index (χ4n) is 4.46. The molecule has 1 amide bonds. The number of carboxylic acid groups (broad SMARTS) is 1. The number of nitrogens with zero attached hydrogens (tertiary/aromatic N) is 1. The van der Waals surface area contributed by atoms with E-state index in [9.17, 15) is 19.1 Å². The van der Waals surface area contributed by atoms with Crippen LogP contribution in [0, 0.1) is 5.82 Å². The van der Waals surface area contributed by atoms with Crippen LogP contribution in [0.1, 0.15) is 37.1 Å². The van der Waals surface area contributed by atoms with Gasteiger partial charge >= 0.3 is 5.97 Å². The van der Waals surface area contributed by atoms with E-state index >= 15 is 0 Å². The number of hydrogen-bond donors (Lipinski definition) is 2. The number of carbonyl (C=O) groups is 2. The van der Waals surface area contributed by atoms with Crippen molar-refractivity contribution in [2.75, 3.05) is 6.61 Å². The van der Waals surface area contributed by atoms with E-state index in [0.717, 1.165) is 11.3 Å². The lowest BCUT2D eigenvalue weighted by Crippen LogP contribution is -2.41. The number of amides is 1. The summed E-state index contributed by atoms with van der Waals surface area (Å²) in [6, 6.07) is 10.3. The fraction of sp³-hybridized carbons (Fsp3) is 0.333. The quantitative estimate of drug-likeness (QED) is 0.545. The number of halogens is 2. The summed E-state index contributed by atoms with van der Waals surface area (Å²) in [6.07, 6.45) is 2.18. The second-order valence-electron chi connectivity index (χ2n) is 7.97. The molecule has 3 aromatic rings. The van der Waals surface area contributed by atoms with Gasteiger partial charge in [0.2, 0.25) is 0 Å². The van der Waals surface area contributed by atoms with Crippen molar-refractivity contribution < 1.29 is 23.8 Å². The van der Waals surface area contributed by atoms with Gasteiger partial charge in [-0.3, -0.25) is 4.79 Å². The molecule has 2 aromatic carbocycles. The lowest BCUT2D eigenvalue weighted by Gasteiger charge is -2.26. The average Bonchev–Trinajstić information content (AvgIpc) is 3.07. The SMILES string of the molecule is CCC(C(=O)O)n1c2c(c3cc(F)ccc31)C[C@@H](NC(=O)COc1ccc(Cl)cc1)CC2. The molecule has 1 unspecified atom stereocenters. The molecular formula is C24H24ClFN2O4. The Morgan fingerprint density at radius 2 is 2.03 bits per heavy atom. The van der Waals surface area contributed by atoms with Crippen molar-refractivity contribution in [2.45, 2.75) is 44.7 Å². The second-order valence-corrected chi connectivity index (χ2v) is 8.41. The van der Waals surface area contributed by atoms with Gasteiger partial charge in [0.05, 0.1) is 0 Å². The summed E-state index contributed by atoms with van der Waals surface area (Å²) in [4.78, 5) is 24.3. The summed E-state index contributed by atoms with van der Waals surface area (Å²) in [5.74, 6) is -0.983. The zero-order valence-corrected chi connectivity index (χ0v) is 18.4. The normalized spacial score (nSPS) is 16.4. The molecule has 4 rings (SSSR count). The number of aliphatic carboxylic acids is 1. The molecule has 1 aromatic heterocycles. The molecule has 2 atom stereocenters. The molecule has 0 aliphatic heterocycles. The highest BCUT2D eigenvalue weighted by Gasteiger charge is 2.31. The van der Waals surface area contributed by atoms with Crippen molar-refractivity contribution in [3.05, 3.63) is 64.6 Å². The predicted molar refractivity (Wildman–Crippen MR) is 120 cm³/mol. The Morgan fingerprint density at radius 1 is 1.28 bits per heavy atom. The van der Waals surface area contributed by atoms with Gasteiger partial charge in [0.15, 0.2) is 6.61 Å². The first-order valence-corrected chi connectivity index (χ1v) is 11.0. The molecule has 0 fully saturated rings. The first-order valence-electron chi connectivity index (χ1n) is 10.6. The molecule has 0 saturated heterocycles. The van der Waals surface area contributed by atoms with Crippen LogP contribution in [0.5, 0.6) is 5.75 Å². The second kappa shape index (κ2) is 9.20. The number of rotatable bonds is 7. The van der Waals surface area contributed by atoms with Gasteiger partial charge in [-0.25, -0.2) is 9.18 Å². The third kappa shape index (κ3) is 4.43. The van der Waals surface area contributed by atoms with Crippen molar-refractivity contribution in [1.29, 1.82) is 0 Å². The zero-order chi connectivity index (χ0) is 22.8. The maximum atomic E-state index is 14.0. The van der Waals surface area contributed by atoms with Gasteiger partial charge in [-0.15, -0.1) is 0 Å². The highest BCUT2D eigenvalue weighted by Crippen LogP contribution is 2.36. The van der Waals surface area contributed by atoms with Crippen LogP contribution in [0.3, 0.4) is 0 Å². The van der Waals surface area contributed by atoms with E-state index in [2.05, 4.69) is 5.32 Å². The number of benzene rings is 2. The van der Waals surface area contributed by atoms with E-state index in [0.29, 0.717) is 47.4 Å². The van der Waals surface area contributed by atoms with Crippen LogP contribution < -0.4 is 10.1 Å². The molecule has 8 heteroatoms. The van der Waals surface area contributed by atoms with Crippen molar-refractivity contribution in [1.82, 2.24) is 9.88 Å². The molecule has 1 aliphatic carbocycles. The molecule has 0 spiro atoms. The third-order valence-electron chi connectivity index (χ3n) is 5.89. The Balaban J connectivity index is 1.53. The number of carboxylic acids is 1. The van der Waals surface area contributed by atoms with Crippen molar-refractivity contribution in [3.8, 4) is 5.75 Å². The Labute approximate surface area is 189 Å². The van der Waals surface area contributed by atoms with Gasteiger partial charge in [-0.05, 0) is 73.7 Å². The molecule has 0 bridgehead atoms. The molecular weight excluding hydrogens is 435 g/mol. The van der Waals surface area contributed by atoms with Gasteiger partial charge in [0.1, 0.15) is 17.6 Å². The minimum absolute atomic E-state index is 0.127. The van der Waals surface area contributed by atoms with E-state index in [1.165, 1.54) is 12.1 Å². The maximum Gasteiger partial charge on any atom is 0.326 e. The van der Waals surface area contributed by atoms with Crippen LogP contribution in [0.25, 0.3) is 10.9 Å². The predicted octanol–water partition coefficient (Wildman–Crippen LogP) is 4.52. The third-order valence-corrected chi connectivity index (χ3v) is 6.15.